The first-order valence-corrected chi connectivity index (χ1v) is 5.12. The summed E-state index contributed by atoms with van der Waals surface area (Å²) in [5.74, 6) is 0.735. The molecule has 0 aliphatic rings. The van der Waals surface area contributed by atoms with E-state index < -0.39 is 12.1 Å². The minimum Gasteiger partial charge on any atom is -0.497 e. The highest BCUT2D eigenvalue weighted by atomic mass is 79.9. The molecule has 3 nitrogen and oxygen atoms in total. The van der Waals surface area contributed by atoms with Crippen LogP contribution < -0.4 is 10.5 Å². The second kappa shape index (κ2) is 4.77. The lowest BCUT2D eigenvalue weighted by molar-refractivity contribution is 0.164. The van der Waals surface area contributed by atoms with Gasteiger partial charge in [0.2, 0.25) is 0 Å². The molecule has 78 valence electrons. The predicted molar refractivity (Wildman–Crippen MR) is 59.3 cm³/mol. The summed E-state index contributed by atoms with van der Waals surface area (Å²) in [5, 5.41) is 9.38. The molecular weight excluding hydrogens is 246 g/mol. The Kier molecular flexibility index (Phi) is 3.92. The molecule has 0 aliphatic heterocycles. The zero-order chi connectivity index (χ0) is 10.7. The second-order valence-corrected chi connectivity index (χ2v) is 4.01. The van der Waals surface area contributed by atoms with Gasteiger partial charge < -0.3 is 15.6 Å². The van der Waals surface area contributed by atoms with Gasteiger partial charge >= 0.3 is 0 Å². The highest BCUT2D eigenvalue weighted by molar-refractivity contribution is 9.10. The maximum Gasteiger partial charge on any atom is 0.119 e. The van der Waals surface area contributed by atoms with Crippen LogP contribution in [0.15, 0.2) is 22.7 Å². The predicted octanol–water partition coefficient (Wildman–Crippen LogP) is 1.84. The molecular formula is C10H14BrNO2. The molecule has 14 heavy (non-hydrogen) atoms. The van der Waals surface area contributed by atoms with Crippen molar-refractivity contribution in [2.24, 2.45) is 5.73 Å². The van der Waals surface area contributed by atoms with Gasteiger partial charge in [0.05, 0.1) is 19.3 Å². The molecule has 3 N–H and O–H groups in total. The van der Waals surface area contributed by atoms with Crippen LogP contribution in [0, 0.1) is 0 Å². The van der Waals surface area contributed by atoms with Crippen molar-refractivity contribution in [2.45, 2.75) is 19.1 Å². The molecule has 0 bridgehead atoms. The normalized spacial score (nSPS) is 14.9. The maximum atomic E-state index is 9.38. The van der Waals surface area contributed by atoms with Gasteiger partial charge in [0.15, 0.2) is 0 Å². The van der Waals surface area contributed by atoms with E-state index in [0.29, 0.717) is 0 Å². The van der Waals surface area contributed by atoms with Crippen molar-refractivity contribution in [1.29, 1.82) is 0 Å². The summed E-state index contributed by atoms with van der Waals surface area (Å²) in [5.41, 5.74) is 6.67. The molecule has 0 spiro atoms. The molecule has 0 saturated heterocycles. The smallest absolute Gasteiger partial charge is 0.119 e. The largest absolute Gasteiger partial charge is 0.497 e. The molecule has 0 aromatic heterocycles. The molecule has 0 radical (unpaired) electrons. The van der Waals surface area contributed by atoms with Gasteiger partial charge in [0, 0.05) is 4.47 Å². The van der Waals surface area contributed by atoms with Crippen molar-refractivity contribution in [3.05, 3.63) is 28.2 Å². The number of benzene rings is 1. The van der Waals surface area contributed by atoms with Crippen LogP contribution in [0.4, 0.5) is 0 Å². The lowest BCUT2D eigenvalue weighted by Gasteiger charge is -2.17. The molecule has 0 saturated carbocycles. The second-order valence-electron chi connectivity index (χ2n) is 3.15. The first-order chi connectivity index (χ1) is 6.56. The molecule has 1 aromatic rings. The van der Waals surface area contributed by atoms with E-state index in [-0.39, 0.29) is 0 Å². The monoisotopic (exact) mass is 259 g/mol. The Morgan fingerprint density at radius 1 is 1.50 bits per heavy atom. The van der Waals surface area contributed by atoms with Crippen molar-refractivity contribution in [3.8, 4) is 5.75 Å². The van der Waals surface area contributed by atoms with Gasteiger partial charge in [-0.15, -0.1) is 0 Å². The highest BCUT2D eigenvalue weighted by Gasteiger charge is 2.15. The molecule has 0 aliphatic carbocycles. The molecule has 4 heteroatoms. The third-order valence-electron chi connectivity index (χ3n) is 2.08. The van der Waals surface area contributed by atoms with Crippen molar-refractivity contribution < 1.29 is 9.84 Å². The number of aliphatic hydroxyl groups excluding tert-OH is 1. The van der Waals surface area contributed by atoms with Crippen molar-refractivity contribution in [2.75, 3.05) is 7.11 Å². The van der Waals surface area contributed by atoms with Gasteiger partial charge in [-0.25, -0.2) is 0 Å². The quantitative estimate of drug-likeness (QED) is 0.871. The molecule has 0 amide bonds. The van der Waals surface area contributed by atoms with E-state index in [2.05, 4.69) is 15.9 Å². The Balaban J connectivity index is 3.05. The summed E-state index contributed by atoms with van der Waals surface area (Å²) >= 11 is 3.38. The van der Waals surface area contributed by atoms with E-state index in [4.69, 9.17) is 10.5 Å². The lowest BCUT2D eigenvalue weighted by atomic mass is 10.0. The van der Waals surface area contributed by atoms with Crippen LogP contribution in [-0.4, -0.2) is 18.3 Å². The minimum absolute atomic E-state index is 0.403. The summed E-state index contributed by atoms with van der Waals surface area (Å²) in [4.78, 5) is 0. The Morgan fingerprint density at radius 3 is 2.64 bits per heavy atom. The van der Waals surface area contributed by atoms with Gasteiger partial charge in [-0.05, 0) is 30.7 Å². The van der Waals surface area contributed by atoms with E-state index in [1.807, 2.05) is 18.2 Å². The highest BCUT2D eigenvalue weighted by Crippen LogP contribution is 2.28. The lowest BCUT2D eigenvalue weighted by Crippen LogP contribution is -2.23. The Morgan fingerprint density at radius 2 is 2.14 bits per heavy atom. The van der Waals surface area contributed by atoms with Crippen molar-refractivity contribution in [3.63, 3.8) is 0 Å². The third-order valence-corrected chi connectivity index (χ3v) is 2.80. The van der Waals surface area contributed by atoms with E-state index in [1.165, 1.54) is 0 Å². The Bertz CT molecular complexity index is 315. The molecule has 2 atom stereocenters. The minimum atomic E-state index is -0.585. The van der Waals surface area contributed by atoms with E-state index in [1.54, 1.807) is 14.0 Å². The standard InChI is InChI=1S/C10H14BrNO2/c1-6(13)10(12)8-5-7(14-2)3-4-9(8)11/h3-6,10,13H,12H2,1-2H3/t6-,10+/m1/s1. The summed E-state index contributed by atoms with van der Waals surface area (Å²) in [7, 11) is 1.60. The number of hydrogen-bond donors (Lipinski definition) is 2. The number of hydrogen-bond acceptors (Lipinski definition) is 3. The fourth-order valence-corrected chi connectivity index (χ4v) is 1.68. The van der Waals surface area contributed by atoms with Gasteiger partial charge in [0.1, 0.15) is 5.75 Å². The SMILES string of the molecule is COc1ccc(Br)c([C@@H](N)[C@@H](C)O)c1. The topological polar surface area (TPSA) is 55.5 Å². The Labute approximate surface area is 92.0 Å². The maximum absolute atomic E-state index is 9.38. The number of ether oxygens (including phenoxy) is 1. The van der Waals surface area contributed by atoms with Crippen LogP contribution in [0.5, 0.6) is 5.75 Å². The molecule has 0 fully saturated rings. The van der Waals surface area contributed by atoms with Gasteiger partial charge in [0.25, 0.3) is 0 Å². The molecule has 1 rings (SSSR count). The first-order valence-electron chi connectivity index (χ1n) is 4.33. The molecule has 0 unspecified atom stereocenters. The van der Waals surface area contributed by atoms with Crippen molar-refractivity contribution >= 4 is 15.9 Å². The molecule has 1 aromatic carbocycles. The average molecular weight is 260 g/mol. The van der Waals surface area contributed by atoms with Crippen LogP contribution in [-0.2, 0) is 0 Å². The number of nitrogens with two attached hydrogens (primary N) is 1. The first kappa shape index (κ1) is 11.5. The van der Waals surface area contributed by atoms with Gasteiger partial charge in [-0.1, -0.05) is 15.9 Å². The van der Waals surface area contributed by atoms with Crippen molar-refractivity contribution in [1.82, 2.24) is 0 Å². The zero-order valence-electron chi connectivity index (χ0n) is 8.20. The summed E-state index contributed by atoms with van der Waals surface area (Å²) in [6, 6.07) is 5.11. The summed E-state index contributed by atoms with van der Waals surface area (Å²) in [6.07, 6.45) is -0.585. The van der Waals surface area contributed by atoms with Crippen LogP contribution in [0.2, 0.25) is 0 Å². The summed E-state index contributed by atoms with van der Waals surface area (Å²) in [6.45, 7) is 1.66. The summed E-state index contributed by atoms with van der Waals surface area (Å²) < 4.78 is 5.96. The van der Waals surface area contributed by atoms with E-state index in [0.717, 1.165) is 15.8 Å². The van der Waals surface area contributed by atoms with Crippen LogP contribution in [0.3, 0.4) is 0 Å². The number of methoxy groups -OCH3 is 1. The number of aliphatic hydroxyl groups is 1. The van der Waals surface area contributed by atoms with Crippen LogP contribution >= 0.6 is 15.9 Å². The third kappa shape index (κ3) is 2.47. The van der Waals surface area contributed by atoms with Gasteiger partial charge in [-0.2, -0.15) is 0 Å². The van der Waals surface area contributed by atoms with E-state index in [9.17, 15) is 5.11 Å². The number of halogens is 1. The number of rotatable bonds is 3. The zero-order valence-corrected chi connectivity index (χ0v) is 9.78. The fourth-order valence-electron chi connectivity index (χ4n) is 1.16. The fraction of sp³-hybridized carbons (Fsp3) is 0.400. The van der Waals surface area contributed by atoms with E-state index >= 15 is 0 Å². The van der Waals surface area contributed by atoms with Gasteiger partial charge in [-0.3, -0.25) is 0 Å². The van der Waals surface area contributed by atoms with Crippen LogP contribution in [0.25, 0.3) is 0 Å². The average Bonchev–Trinajstić information content (AvgIpc) is 2.17. The van der Waals surface area contributed by atoms with Crippen LogP contribution in [0.1, 0.15) is 18.5 Å². The molecule has 0 heterocycles. The Hall–Kier alpha value is -0.580.